The van der Waals surface area contributed by atoms with Gasteiger partial charge in [-0.05, 0) is 19.8 Å². The number of amides is 1. The summed E-state index contributed by atoms with van der Waals surface area (Å²) in [7, 11) is 0. The van der Waals surface area contributed by atoms with Crippen LogP contribution in [0.3, 0.4) is 0 Å². The van der Waals surface area contributed by atoms with Crippen molar-refractivity contribution in [2.24, 2.45) is 5.73 Å². The van der Waals surface area contributed by atoms with Gasteiger partial charge in [-0.3, -0.25) is 4.79 Å². The van der Waals surface area contributed by atoms with Crippen LogP contribution in [0.4, 0.5) is 0 Å². The zero-order valence-electron chi connectivity index (χ0n) is 7.02. The molecule has 0 unspecified atom stereocenters. The summed E-state index contributed by atoms with van der Waals surface area (Å²) in [5.41, 5.74) is 4.97. The van der Waals surface area contributed by atoms with Crippen molar-refractivity contribution in [2.45, 2.75) is 39.0 Å². The normalized spacial score (nSPS) is 8.45. The lowest BCUT2D eigenvalue weighted by Gasteiger charge is -1.93. The molecule has 0 aliphatic heterocycles. The van der Waals surface area contributed by atoms with E-state index >= 15 is 0 Å². The van der Waals surface area contributed by atoms with Gasteiger partial charge < -0.3 is 5.73 Å². The Hall–Kier alpha value is -0.970. The van der Waals surface area contributed by atoms with E-state index in [1.807, 2.05) is 6.92 Å². The molecule has 1 amide bonds. The third-order valence-corrected chi connectivity index (χ3v) is 1.40. The average molecular weight is 153 g/mol. The lowest BCUT2D eigenvalue weighted by molar-refractivity contribution is -0.118. The molecule has 2 heteroatoms. The summed E-state index contributed by atoms with van der Waals surface area (Å²) in [5, 5.41) is 0. The lowest BCUT2D eigenvalue weighted by atomic mass is 10.1. The molecule has 0 aliphatic rings. The van der Waals surface area contributed by atoms with Crippen molar-refractivity contribution < 1.29 is 4.79 Å². The minimum absolute atomic E-state index is 0.202. The van der Waals surface area contributed by atoms with E-state index in [4.69, 9.17) is 5.73 Å². The molecule has 0 aromatic carbocycles. The second kappa shape index (κ2) is 7.14. The second-order valence-electron chi connectivity index (χ2n) is 2.45. The quantitative estimate of drug-likeness (QED) is 0.471. The summed E-state index contributed by atoms with van der Waals surface area (Å²) in [5.74, 6) is 5.59. The molecule has 0 bridgehead atoms. The van der Waals surface area contributed by atoms with Crippen molar-refractivity contribution in [1.82, 2.24) is 0 Å². The van der Waals surface area contributed by atoms with Crippen LogP contribution in [0, 0.1) is 11.8 Å². The highest BCUT2D eigenvalue weighted by Gasteiger charge is 1.92. The highest BCUT2D eigenvalue weighted by molar-refractivity contribution is 5.73. The number of unbranched alkanes of at least 4 members (excludes halogenated alkanes) is 3. The van der Waals surface area contributed by atoms with E-state index in [9.17, 15) is 4.79 Å². The van der Waals surface area contributed by atoms with E-state index < -0.39 is 0 Å². The van der Waals surface area contributed by atoms with Crippen LogP contribution in [-0.4, -0.2) is 5.91 Å². The van der Waals surface area contributed by atoms with Gasteiger partial charge in [0.05, 0.1) is 0 Å². The molecular formula is C9H15NO. The summed E-state index contributed by atoms with van der Waals surface area (Å²) in [4.78, 5) is 10.3. The zero-order valence-corrected chi connectivity index (χ0v) is 7.02. The molecule has 0 aromatic heterocycles. The van der Waals surface area contributed by atoms with Crippen molar-refractivity contribution in [3.63, 3.8) is 0 Å². The molecule has 2 nitrogen and oxygen atoms in total. The van der Waals surface area contributed by atoms with E-state index in [1.54, 1.807) is 0 Å². The molecule has 0 fully saturated rings. The predicted molar refractivity (Wildman–Crippen MR) is 45.7 cm³/mol. The molecule has 0 atom stereocenters. The van der Waals surface area contributed by atoms with Crippen molar-refractivity contribution in [3.8, 4) is 11.8 Å². The standard InChI is InChI=1S/C9H15NO/c1-2-3-4-5-6-7-8-9(10)11/h4-8H2,1H3,(H2,10,11). The van der Waals surface area contributed by atoms with E-state index in [0.717, 1.165) is 25.7 Å². The fraction of sp³-hybridized carbons (Fsp3) is 0.667. The van der Waals surface area contributed by atoms with Gasteiger partial charge in [-0.2, -0.15) is 0 Å². The van der Waals surface area contributed by atoms with Crippen LogP contribution in [-0.2, 0) is 4.79 Å². The van der Waals surface area contributed by atoms with Crippen LogP contribution in [0.5, 0.6) is 0 Å². The molecule has 0 saturated heterocycles. The third-order valence-electron chi connectivity index (χ3n) is 1.40. The molecule has 2 N–H and O–H groups in total. The van der Waals surface area contributed by atoms with Gasteiger partial charge in [-0.1, -0.05) is 6.42 Å². The number of hydrogen-bond donors (Lipinski definition) is 1. The Bertz CT molecular complexity index is 164. The average Bonchev–Trinajstić information content (AvgIpc) is 1.96. The van der Waals surface area contributed by atoms with Crippen molar-refractivity contribution in [1.29, 1.82) is 0 Å². The summed E-state index contributed by atoms with van der Waals surface area (Å²) >= 11 is 0. The number of nitrogens with two attached hydrogens (primary N) is 1. The van der Waals surface area contributed by atoms with Gasteiger partial charge >= 0.3 is 0 Å². The van der Waals surface area contributed by atoms with E-state index in [1.165, 1.54) is 0 Å². The molecule has 0 saturated carbocycles. The molecule has 0 aliphatic carbocycles. The van der Waals surface area contributed by atoms with Crippen molar-refractivity contribution in [3.05, 3.63) is 0 Å². The summed E-state index contributed by atoms with van der Waals surface area (Å²) in [6.45, 7) is 1.84. The van der Waals surface area contributed by atoms with Crippen LogP contribution in [0.2, 0.25) is 0 Å². The third kappa shape index (κ3) is 9.03. The summed E-state index contributed by atoms with van der Waals surface area (Å²) < 4.78 is 0. The molecule has 0 heterocycles. The van der Waals surface area contributed by atoms with Crippen LogP contribution in [0.1, 0.15) is 39.0 Å². The van der Waals surface area contributed by atoms with Crippen LogP contribution >= 0.6 is 0 Å². The van der Waals surface area contributed by atoms with E-state index in [2.05, 4.69) is 11.8 Å². The Kier molecular flexibility index (Phi) is 6.51. The maximum Gasteiger partial charge on any atom is 0.217 e. The first-order chi connectivity index (χ1) is 5.27. The number of carbonyl (C=O) groups is 1. The Morgan fingerprint density at radius 3 is 2.64 bits per heavy atom. The van der Waals surface area contributed by atoms with Crippen LogP contribution < -0.4 is 5.73 Å². The summed E-state index contributed by atoms with van der Waals surface area (Å²) in [6, 6.07) is 0. The van der Waals surface area contributed by atoms with Crippen LogP contribution in [0.25, 0.3) is 0 Å². The van der Waals surface area contributed by atoms with Crippen molar-refractivity contribution in [2.75, 3.05) is 0 Å². The highest BCUT2D eigenvalue weighted by Crippen LogP contribution is 2.01. The van der Waals surface area contributed by atoms with Crippen LogP contribution in [0.15, 0.2) is 0 Å². The first-order valence-corrected chi connectivity index (χ1v) is 3.95. The number of rotatable bonds is 5. The summed E-state index contributed by atoms with van der Waals surface area (Å²) in [6.07, 6.45) is 4.49. The lowest BCUT2D eigenvalue weighted by Crippen LogP contribution is -2.09. The molecule has 0 radical (unpaired) electrons. The van der Waals surface area contributed by atoms with Crippen molar-refractivity contribution >= 4 is 5.91 Å². The Balaban J connectivity index is 3.00. The number of hydrogen-bond acceptors (Lipinski definition) is 1. The minimum Gasteiger partial charge on any atom is -0.370 e. The van der Waals surface area contributed by atoms with Gasteiger partial charge in [0.2, 0.25) is 5.91 Å². The Morgan fingerprint density at radius 2 is 2.09 bits per heavy atom. The first kappa shape index (κ1) is 10.0. The van der Waals surface area contributed by atoms with Gasteiger partial charge in [0, 0.05) is 12.8 Å². The molecule has 0 rings (SSSR count). The molecule has 0 spiro atoms. The van der Waals surface area contributed by atoms with E-state index in [-0.39, 0.29) is 5.91 Å². The minimum atomic E-state index is -0.202. The monoisotopic (exact) mass is 153 g/mol. The van der Waals surface area contributed by atoms with Gasteiger partial charge in [-0.15, -0.1) is 11.8 Å². The maximum absolute atomic E-state index is 10.3. The topological polar surface area (TPSA) is 43.1 Å². The fourth-order valence-electron chi connectivity index (χ4n) is 0.814. The Morgan fingerprint density at radius 1 is 1.36 bits per heavy atom. The molecule has 62 valence electrons. The largest absolute Gasteiger partial charge is 0.370 e. The Labute approximate surface area is 68.2 Å². The maximum atomic E-state index is 10.3. The second-order valence-corrected chi connectivity index (χ2v) is 2.45. The molecule has 0 aromatic rings. The molecule has 11 heavy (non-hydrogen) atoms. The number of primary amides is 1. The van der Waals surface area contributed by atoms with Gasteiger partial charge in [0.15, 0.2) is 0 Å². The fourth-order valence-corrected chi connectivity index (χ4v) is 0.814. The zero-order chi connectivity index (χ0) is 8.53. The first-order valence-electron chi connectivity index (χ1n) is 3.95. The number of carbonyl (C=O) groups excluding carboxylic acids is 1. The predicted octanol–water partition coefficient (Wildman–Crippen LogP) is 1.45. The van der Waals surface area contributed by atoms with Gasteiger partial charge in [0.1, 0.15) is 0 Å². The highest BCUT2D eigenvalue weighted by atomic mass is 16.1. The smallest absolute Gasteiger partial charge is 0.217 e. The van der Waals surface area contributed by atoms with Gasteiger partial charge in [-0.25, -0.2) is 0 Å². The van der Waals surface area contributed by atoms with Gasteiger partial charge in [0.25, 0.3) is 0 Å². The molecular weight excluding hydrogens is 138 g/mol. The SMILES string of the molecule is CC#CCCCCCC(N)=O. The van der Waals surface area contributed by atoms with E-state index in [0.29, 0.717) is 6.42 Å².